The highest BCUT2D eigenvalue weighted by Crippen LogP contribution is 2.19. The molecule has 114 valence electrons. The zero-order chi connectivity index (χ0) is 15.2. The van der Waals surface area contributed by atoms with E-state index in [0.29, 0.717) is 24.8 Å². The number of nitrogens with one attached hydrogen (secondary N) is 2. The van der Waals surface area contributed by atoms with Gasteiger partial charge < -0.3 is 5.32 Å². The van der Waals surface area contributed by atoms with Gasteiger partial charge in [0, 0.05) is 19.3 Å². The first-order chi connectivity index (χ1) is 9.35. The Morgan fingerprint density at radius 1 is 1.45 bits per heavy atom. The molecule has 0 bridgehead atoms. The van der Waals surface area contributed by atoms with E-state index >= 15 is 0 Å². The van der Waals surface area contributed by atoms with Crippen molar-refractivity contribution in [3.05, 3.63) is 0 Å². The minimum Gasteiger partial charge on any atom is -0.301 e. The highest BCUT2D eigenvalue weighted by molar-refractivity contribution is 7.91. The minimum absolute atomic E-state index is 0.161. The lowest BCUT2D eigenvalue weighted by molar-refractivity contribution is -0.114. The van der Waals surface area contributed by atoms with Gasteiger partial charge in [-0.25, -0.2) is 13.1 Å². The Morgan fingerprint density at radius 3 is 2.75 bits per heavy atom. The van der Waals surface area contributed by atoms with Crippen LogP contribution in [0.5, 0.6) is 0 Å². The zero-order valence-corrected chi connectivity index (χ0v) is 13.6. The Bertz CT molecular complexity index is 546. The van der Waals surface area contributed by atoms with E-state index in [4.69, 9.17) is 11.6 Å². The molecule has 1 aromatic rings. The van der Waals surface area contributed by atoms with E-state index in [1.54, 1.807) is 0 Å². The Balaban J connectivity index is 2.52. The predicted octanol–water partition coefficient (Wildman–Crippen LogP) is 1.43. The first-order valence-corrected chi connectivity index (χ1v) is 8.85. The molecule has 1 unspecified atom stereocenters. The zero-order valence-electron chi connectivity index (χ0n) is 11.2. The minimum atomic E-state index is -3.67. The van der Waals surface area contributed by atoms with Gasteiger partial charge in [0.1, 0.15) is 0 Å². The number of carbonyl (C=O) groups excluding carboxylic acids is 1. The van der Waals surface area contributed by atoms with Crippen LogP contribution in [0.4, 0.5) is 5.13 Å². The Morgan fingerprint density at radius 2 is 2.15 bits per heavy atom. The lowest BCUT2D eigenvalue weighted by Gasteiger charge is -2.07. The molecule has 0 fully saturated rings. The van der Waals surface area contributed by atoms with Gasteiger partial charge >= 0.3 is 0 Å². The number of halogens is 1. The lowest BCUT2D eigenvalue weighted by Crippen LogP contribution is -2.25. The maximum absolute atomic E-state index is 11.9. The third kappa shape index (κ3) is 5.70. The molecule has 0 aliphatic heterocycles. The van der Waals surface area contributed by atoms with Crippen molar-refractivity contribution in [2.45, 2.75) is 31.0 Å². The fraction of sp³-hybridized carbons (Fsp3) is 0.700. The van der Waals surface area contributed by atoms with Gasteiger partial charge in [0.15, 0.2) is 0 Å². The molecule has 0 spiro atoms. The maximum Gasteiger partial charge on any atom is 0.269 e. The van der Waals surface area contributed by atoms with Crippen LogP contribution in [0.1, 0.15) is 26.7 Å². The van der Waals surface area contributed by atoms with E-state index in [0.717, 1.165) is 17.8 Å². The second kappa shape index (κ2) is 7.87. The molecule has 1 amide bonds. The van der Waals surface area contributed by atoms with Crippen LogP contribution in [-0.4, -0.2) is 36.9 Å². The number of aromatic nitrogens is 2. The van der Waals surface area contributed by atoms with Crippen molar-refractivity contribution in [1.29, 1.82) is 0 Å². The van der Waals surface area contributed by atoms with Crippen LogP contribution in [0.2, 0.25) is 0 Å². The van der Waals surface area contributed by atoms with Gasteiger partial charge in [0.25, 0.3) is 10.0 Å². The number of nitrogens with zero attached hydrogens (tertiary/aromatic N) is 2. The average Bonchev–Trinajstić information content (AvgIpc) is 2.82. The quantitative estimate of drug-likeness (QED) is 0.423. The fourth-order valence-electron chi connectivity index (χ4n) is 1.32. The van der Waals surface area contributed by atoms with E-state index in [1.165, 1.54) is 6.92 Å². The SMILES string of the molecule is CC(=O)Nc1nnc(S(=O)(=O)NCCCC(C)CCl)s1. The summed E-state index contributed by atoms with van der Waals surface area (Å²) >= 11 is 6.48. The summed E-state index contributed by atoms with van der Waals surface area (Å²) in [6.45, 7) is 3.64. The Labute approximate surface area is 127 Å². The first kappa shape index (κ1) is 17.3. The van der Waals surface area contributed by atoms with Crippen LogP contribution in [0.3, 0.4) is 0 Å². The summed E-state index contributed by atoms with van der Waals surface area (Å²) in [5.41, 5.74) is 0. The van der Waals surface area contributed by atoms with Crippen molar-refractivity contribution < 1.29 is 13.2 Å². The number of carbonyl (C=O) groups is 1. The molecular weight excluding hydrogens is 324 g/mol. The van der Waals surface area contributed by atoms with Crippen molar-refractivity contribution in [1.82, 2.24) is 14.9 Å². The van der Waals surface area contributed by atoms with Crippen LogP contribution < -0.4 is 10.0 Å². The summed E-state index contributed by atoms with van der Waals surface area (Å²) in [6, 6.07) is 0. The molecule has 0 saturated heterocycles. The van der Waals surface area contributed by atoms with Crippen molar-refractivity contribution in [3.8, 4) is 0 Å². The van der Waals surface area contributed by atoms with Crippen molar-refractivity contribution >= 4 is 44.0 Å². The topological polar surface area (TPSA) is 101 Å². The molecule has 1 atom stereocenters. The van der Waals surface area contributed by atoms with Crippen molar-refractivity contribution in [2.75, 3.05) is 17.7 Å². The third-order valence-corrected chi connectivity index (χ3v) is 5.54. The van der Waals surface area contributed by atoms with Crippen LogP contribution in [-0.2, 0) is 14.8 Å². The molecule has 0 aliphatic rings. The summed E-state index contributed by atoms with van der Waals surface area (Å²) in [5.74, 6) is 0.589. The number of alkyl halides is 1. The van der Waals surface area contributed by atoms with Gasteiger partial charge in [-0.15, -0.1) is 21.8 Å². The molecule has 0 aliphatic carbocycles. The second-order valence-electron chi connectivity index (χ2n) is 4.35. The van der Waals surface area contributed by atoms with E-state index < -0.39 is 10.0 Å². The van der Waals surface area contributed by atoms with E-state index in [2.05, 4.69) is 20.2 Å². The van der Waals surface area contributed by atoms with Crippen LogP contribution in [0.25, 0.3) is 0 Å². The third-order valence-electron chi connectivity index (χ3n) is 2.35. The number of amides is 1. The van der Waals surface area contributed by atoms with E-state index in [-0.39, 0.29) is 15.4 Å². The van der Waals surface area contributed by atoms with Crippen LogP contribution in [0, 0.1) is 5.92 Å². The predicted molar refractivity (Wildman–Crippen MR) is 78.5 cm³/mol. The molecule has 20 heavy (non-hydrogen) atoms. The summed E-state index contributed by atoms with van der Waals surface area (Å²) < 4.78 is 26.1. The largest absolute Gasteiger partial charge is 0.301 e. The molecular formula is C10H17ClN4O3S2. The highest BCUT2D eigenvalue weighted by atomic mass is 35.5. The van der Waals surface area contributed by atoms with Crippen molar-refractivity contribution in [3.63, 3.8) is 0 Å². The molecule has 0 radical (unpaired) electrons. The van der Waals surface area contributed by atoms with E-state index in [9.17, 15) is 13.2 Å². The van der Waals surface area contributed by atoms with Crippen LogP contribution in [0.15, 0.2) is 4.34 Å². The summed E-state index contributed by atoms with van der Waals surface area (Å²) in [6.07, 6.45) is 1.55. The van der Waals surface area contributed by atoms with Crippen LogP contribution >= 0.6 is 22.9 Å². The monoisotopic (exact) mass is 340 g/mol. The molecule has 1 aromatic heterocycles. The molecule has 0 aromatic carbocycles. The Kier molecular flexibility index (Phi) is 6.80. The fourth-order valence-corrected chi connectivity index (χ4v) is 3.53. The summed E-state index contributed by atoms with van der Waals surface area (Å²) in [4.78, 5) is 10.8. The van der Waals surface area contributed by atoms with Gasteiger partial charge in [-0.1, -0.05) is 18.3 Å². The normalized spacial score (nSPS) is 13.2. The van der Waals surface area contributed by atoms with Gasteiger partial charge in [0.05, 0.1) is 0 Å². The maximum atomic E-state index is 11.9. The Hall–Kier alpha value is -0.770. The van der Waals surface area contributed by atoms with Gasteiger partial charge in [-0.3, -0.25) is 4.79 Å². The molecule has 1 rings (SSSR count). The van der Waals surface area contributed by atoms with Gasteiger partial charge in [-0.2, -0.15) is 0 Å². The number of hydrogen-bond donors (Lipinski definition) is 2. The average molecular weight is 341 g/mol. The van der Waals surface area contributed by atoms with Crippen molar-refractivity contribution in [2.24, 2.45) is 5.92 Å². The molecule has 10 heteroatoms. The lowest BCUT2D eigenvalue weighted by atomic mass is 10.1. The number of sulfonamides is 1. The number of hydrogen-bond acceptors (Lipinski definition) is 6. The smallest absolute Gasteiger partial charge is 0.269 e. The molecule has 1 heterocycles. The number of rotatable bonds is 8. The first-order valence-electron chi connectivity index (χ1n) is 6.02. The molecule has 7 nitrogen and oxygen atoms in total. The van der Waals surface area contributed by atoms with Gasteiger partial charge in [0.2, 0.25) is 15.4 Å². The van der Waals surface area contributed by atoms with E-state index in [1.807, 2.05) is 6.92 Å². The molecule has 0 saturated carbocycles. The second-order valence-corrected chi connectivity index (χ2v) is 7.58. The summed E-state index contributed by atoms with van der Waals surface area (Å²) in [7, 11) is -3.67. The molecule has 2 N–H and O–H groups in total. The highest BCUT2D eigenvalue weighted by Gasteiger charge is 2.20. The number of anilines is 1. The summed E-state index contributed by atoms with van der Waals surface area (Å²) in [5, 5.41) is 9.69. The van der Waals surface area contributed by atoms with Gasteiger partial charge in [-0.05, 0) is 18.8 Å². The standard InChI is InChI=1S/C10H17ClN4O3S2/c1-7(6-11)4-3-5-12-20(17,18)10-15-14-9(19-10)13-8(2)16/h7,12H,3-6H2,1-2H3,(H,13,14,16).